The second-order valence-electron chi connectivity index (χ2n) is 6.15. The minimum absolute atomic E-state index is 0.0199. The number of hydrogen-bond acceptors (Lipinski definition) is 6. The SMILES string of the molecule is Cc1cc(C(F)(F)F)n2ncc(C(=O)NCc3cc(-c4ccccn4)no3)c2n1. The second-order valence-corrected chi connectivity index (χ2v) is 6.15. The fourth-order valence-corrected chi connectivity index (χ4v) is 2.74. The molecule has 4 aromatic rings. The Morgan fingerprint density at radius 1 is 1.24 bits per heavy atom. The van der Waals surface area contributed by atoms with E-state index in [1.54, 1.807) is 30.5 Å². The predicted octanol–water partition coefficient (Wildman–Crippen LogP) is 3.04. The lowest BCUT2D eigenvalue weighted by molar-refractivity contribution is -0.142. The van der Waals surface area contributed by atoms with Crippen molar-refractivity contribution in [2.75, 3.05) is 0 Å². The number of rotatable bonds is 4. The smallest absolute Gasteiger partial charge is 0.359 e. The molecule has 0 spiro atoms. The van der Waals surface area contributed by atoms with E-state index in [2.05, 4.69) is 25.5 Å². The van der Waals surface area contributed by atoms with Gasteiger partial charge in [-0.2, -0.15) is 18.3 Å². The van der Waals surface area contributed by atoms with Crippen LogP contribution in [0.25, 0.3) is 17.0 Å². The van der Waals surface area contributed by atoms with Crippen LogP contribution in [0.3, 0.4) is 0 Å². The van der Waals surface area contributed by atoms with E-state index in [0.29, 0.717) is 21.7 Å². The Morgan fingerprint density at radius 3 is 2.79 bits per heavy atom. The first-order valence-corrected chi connectivity index (χ1v) is 8.40. The minimum Gasteiger partial charge on any atom is -0.359 e. The summed E-state index contributed by atoms with van der Waals surface area (Å²) in [4.78, 5) is 20.7. The lowest BCUT2D eigenvalue weighted by Crippen LogP contribution is -2.23. The van der Waals surface area contributed by atoms with Gasteiger partial charge >= 0.3 is 6.18 Å². The molecule has 4 heterocycles. The number of halogens is 3. The zero-order valence-corrected chi connectivity index (χ0v) is 14.9. The first-order valence-electron chi connectivity index (χ1n) is 8.40. The maximum atomic E-state index is 13.2. The Morgan fingerprint density at radius 2 is 2.07 bits per heavy atom. The Labute approximate surface area is 161 Å². The van der Waals surface area contributed by atoms with Gasteiger partial charge in [0, 0.05) is 18.0 Å². The maximum Gasteiger partial charge on any atom is 0.433 e. The van der Waals surface area contributed by atoms with Crippen LogP contribution in [0.15, 0.2) is 47.2 Å². The molecule has 29 heavy (non-hydrogen) atoms. The average Bonchev–Trinajstić information content (AvgIpc) is 3.32. The first kappa shape index (κ1) is 18.6. The predicted molar refractivity (Wildman–Crippen MR) is 93.6 cm³/mol. The molecule has 0 aliphatic heterocycles. The van der Waals surface area contributed by atoms with Gasteiger partial charge in [0.2, 0.25) is 0 Å². The molecule has 148 valence electrons. The summed E-state index contributed by atoms with van der Waals surface area (Å²) in [6, 6.07) is 7.80. The summed E-state index contributed by atoms with van der Waals surface area (Å²) in [6.07, 6.45) is -1.97. The van der Waals surface area contributed by atoms with Crippen molar-refractivity contribution in [2.24, 2.45) is 0 Å². The van der Waals surface area contributed by atoms with Gasteiger partial charge in [0.25, 0.3) is 5.91 Å². The van der Waals surface area contributed by atoms with Crippen molar-refractivity contribution in [2.45, 2.75) is 19.6 Å². The number of amides is 1. The van der Waals surface area contributed by atoms with Crippen molar-refractivity contribution in [1.29, 1.82) is 0 Å². The van der Waals surface area contributed by atoms with Crippen LogP contribution >= 0.6 is 0 Å². The van der Waals surface area contributed by atoms with E-state index in [0.717, 1.165) is 12.3 Å². The Kier molecular flexibility index (Phi) is 4.49. The maximum absolute atomic E-state index is 13.2. The van der Waals surface area contributed by atoms with Gasteiger partial charge < -0.3 is 9.84 Å². The third kappa shape index (κ3) is 3.66. The molecule has 0 fully saturated rings. The monoisotopic (exact) mass is 402 g/mol. The fourth-order valence-electron chi connectivity index (χ4n) is 2.74. The number of pyridine rings is 1. The lowest BCUT2D eigenvalue weighted by Gasteiger charge is -2.09. The normalized spacial score (nSPS) is 11.7. The summed E-state index contributed by atoms with van der Waals surface area (Å²) in [6.45, 7) is 1.39. The zero-order valence-electron chi connectivity index (χ0n) is 14.9. The van der Waals surface area contributed by atoms with E-state index in [9.17, 15) is 18.0 Å². The van der Waals surface area contributed by atoms with Crippen molar-refractivity contribution in [3.63, 3.8) is 0 Å². The zero-order chi connectivity index (χ0) is 20.6. The Bertz CT molecular complexity index is 1180. The molecule has 0 aliphatic carbocycles. The Balaban J connectivity index is 1.55. The summed E-state index contributed by atoms with van der Waals surface area (Å²) < 4.78 is 45.4. The highest BCUT2D eigenvalue weighted by Crippen LogP contribution is 2.30. The molecule has 0 bridgehead atoms. The number of nitrogens with zero attached hydrogens (tertiary/aromatic N) is 5. The van der Waals surface area contributed by atoms with E-state index >= 15 is 0 Å². The van der Waals surface area contributed by atoms with Gasteiger partial charge in [0.15, 0.2) is 11.4 Å². The number of carbonyl (C=O) groups is 1. The number of nitrogens with one attached hydrogen (secondary N) is 1. The molecule has 4 aromatic heterocycles. The van der Waals surface area contributed by atoms with Gasteiger partial charge in [-0.3, -0.25) is 9.78 Å². The quantitative estimate of drug-likeness (QED) is 0.564. The number of hydrogen-bond donors (Lipinski definition) is 1. The van der Waals surface area contributed by atoms with Crippen LogP contribution in [0, 0.1) is 6.92 Å². The first-order chi connectivity index (χ1) is 13.8. The molecule has 11 heteroatoms. The number of fused-ring (bicyclic) bond motifs is 1. The van der Waals surface area contributed by atoms with E-state index in [4.69, 9.17) is 4.52 Å². The van der Waals surface area contributed by atoms with Crippen LogP contribution in [0.5, 0.6) is 0 Å². The fraction of sp³-hybridized carbons (Fsp3) is 0.167. The Hall–Kier alpha value is -3.76. The van der Waals surface area contributed by atoms with Crippen LogP contribution < -0.4 is 5.32 Å². The third-order valence-corrected chi connectivity index (χ3v) is 4.04. The highest BCUT2D eigenvalue weighted by molar-refractivity contribution is 5.99. The molecule has 0 unspecified atom stereocenters. The molecule has 1 amide bonds. The summed E-state index contributed by atoms with van der Waals surface area (Å²) in [5.41, 5.74) is -0.0390. The molecular weight excluding hydrogens is 389 g/mol. The molecule has 0 saturated heterocycles. The summed E-state index contributed by atoms with van der Waals surface area (Å²) in [5, 5.41) is 10.1. The topological polar surface area (TPSA) is 98.2 Å². The van der Waals surface area contributed by atoms with Crippen molar-refractivity contribution in [3.05, 3.63) is 65.4 Å². The van der Waals surface area contributed by atoms with Gasteiger partial charge in [-0.25, -0.2) is 9.50 Å². The number of alkyl halides is 3. The highest BCUT2D eigenvalue weighted by atomic mass is 19.4. The van der Waals surface area contributed by atoms with Crippen LogP contribution in [0.1, 0.15) is 27.5 Å². The molecule has 8 nitrogen and oxygen atoms in total. The summed E-state index contributed by atoms with van der Waals surface area (Å²) in [7, 11) is 0. The van der Waals surface area contributed by atoms with Crippen LogP contribution in [-0.4, -0.2) is 30.6 Å². The molecule has 0 atom stereocenters. The molecule has 4 rings (SSSR count). The molecular formula is C18H13F3N6O2. The van der Waals surface area contributed by atoms with Gasteiger partial charge in [-0.05, 0) is 25.1 Å². The van der Waals surface area contributed by atoms with Crippen molar-refractivity contribution >= 4 is 11.6 Å². The van der Waals surface area contributed by atoms with E-state index in [-0.39, 0.29) is 23.4 Å². The van der Waals surface area contributed by atoms with Gasteiger partial charge in [-0.15, -0.1) is 0 Å². The number of carbonyl (C=O) groups excluding carboxylic acids is 1. The summed E-state index contributed by atoms with van der Waals surface area (Å²) in [5.74, 6) is -0.280. The van der Waals surface area contributed by atoms with E-state index in [1.165, 1.54) is 6.92 Å². The average molecular weight is 402 g/mol. The van der Waals surface area contributed by atoms with Crippen LogP contribution in [0.4, 0.5) is 13.2 Å². The van der Waals surface area contributed by atoms with Gasteiger partial charge in [0.05, 0.1) is 18.4 Å². The molecule has 1 N–H and O–H groups in total. The van der Waals surface area contributed by atoms with E-state index < -0.39 is 17.8 Å². The standard InChI is InChI=1S/C18H13F3N6O2/c1-10-6-15(18(19,20)21)27-16(25-10)12(9-24-27)17(28)23-8-11-7-14(26-29-11)13-4-2-3-5-22-13/h2-7,9H,8H2,1H3,(H,23,28). The molecule has 0 aliphatic rings. The number of aromatic nitrogens is 5. The second kappa shape index (κ2) is 7.00. The highest BCUT2D eigenvalue weighted by Gasteiger charge is 2.35. The van der Waals surface area contributed by atoms with Crippen molar-refractivity contribution in [3.8, 4) is 11.4 Å². The molecule has 0 saturated carbocycles. The van der Waals surface area contributed by atoms with Gasteiger partial charge in [0.1, 0.15) is 17.0 Å². The van der Waals surface area contributed by atoms with Gasteiger partial charge in [-0.1, -0.05) is 11.2 Å². The molecule has 0 aromatic carbocycles. The number of aryl methyl sites for hydroxylation is 1. The molecule has 0 radical (unpaired) electrons. The largest absolute Gasteiger partial charge is 0.433 e. The van der Waals surface area contributed by atoms with E-state index in [1.807, 2.05) is 0 Å². The van der Waals surface area contributed by atoms with Crippen LogP contribution in [0.2, 0.25) is 0 Å². The van der Waals surface area contributed by atoms with Crippen molar-refractivity contribution in [1.82, 2.24) is 30.1 Å². The third-order valence-electron chi connectivity index (χ3n) is 4.04. The lowest BCUT2D eigenvalue weighted by atomic mass is 10.2. The summed E-state index contributed by atoms with van der Waals surface area (Å²) >= 11 is 0. The minimum atomic E-state index is -4.63. The van der Waals surface area contributed by atoms with Crippen molar-refractivity contribution < 1.29 is 22.5 Å². The van der Waals surface area contributed by atoms with Crippen LogP contribution in [-0.2, 0) is 12.7 Å².